The number of nitrogens with zero attached hydrogens (tertiary/aromatic N) is 1. The maximum Gasteiger partial charge on any atom is 0.359 e. The molecule has 0 bridgehead atoms. The molecule has 0 aromatic heterocycles. The third-order valence-corrected chi connectivity index (χ3v) is 3.52. The number of quaternary nitrogens is 1. The Morgan fingerprint density at radius 3 is 2.20 bits per heavy atom. The number of hydrogen-bond acceptors (Lipinski definition) is 2. The van der Waals surface area contributed by atoms with Gasteiger partial charge in [-0.25, -0.2) is 4.79 Å². The van der Waals surface area contributed by atoms with Crippen LogP contribution in [0.15, 0.2) is 12.2 Å². The summed E-state index contributed by atoms with van der Waals surface area (Å²) < 4.78 is 0.474. The predicted molar refractivity (Wildman–Crippen MR) is 82.6 cm³/mol. The van der Waals surface area contributed by atoms with E-state index < -0.39 is 12.1 Å². The molecule has 118 valence electrons. The number of aliphatic hydroxyl groups excluding tert-OH is 1. The van der Waals surface area contributed by atoms with Gasteiger partial charge in [0, 0.05) is 0 Å². The Balaban J connectivity index is 4.66. The molecule has 0 aromatic rings. The molecule has 4 heteroatoms. The number of hydrogen-bond donors (Lipinski definition) is 2. The normalized spacial score (nSPS) is 13.8. The van der Waals surface area contributed by atoms with Gasteiger partial charge in [-0.1, -0.05) is 45.8 Å². The highest BCUT2D eigenvalue weighted by molar-refractivity contribution is 5.67. The molecule has 1 atom stereocenters. The molecule has 1 unspecified atom stereocenters. The van der Waals surface area contributed by atoms with Crippen LogP contribution >= 0.6 is 0 Å². The van der Waals surface area contributed by atoms with E-state index in [9.17, 15) is 9.90 Å². The van der Waals surface area contributed by atoms with Gasteiger partial charge < -0.3 is 14.7 Å². The monoisotopic (exact) mass is 286 g/mol. The summed E-state index contributed by atoms with van der Waals surface area (Å²) in [5.74, 6) is -0.783. The van der Waals surface area contributed by atoms with Crippen LogP contribution in [0, 0.1) is 0 Å². The maximum atomic E-state index is 11.1. The second-order valence-electron chi connectivity index (χ2n) is 5.66. The summed E-state index contributed by atoms with van der Waals surface area (Å²) in [4.78, 5) is 11.1. The number of aliphatic carboxylic acids is 1. The van der Waals surface area contributed by atoms with Crippen molar-refractivity contribution in [3.63, 3.8) is 0 Å². The fraction of sp³-hybridized carbons (Fsp3) is 0.812. The molecule has 0 fully saturated rings. The molecular formula is C16H32NO3+. The average molecular weight is 286 g/mol. The summed E-state index contributed by atoms with van der Waals surface area (Å²) in [5.41, 5.74) is 0. The molecule has 4 nitrogen and oxygen atoms in total. The van der Waals surface area contributed by atoms with Crippen molar-refractivity contribution < 1.29 is 19.5 Å². The van der Waals surface area contributed by atoms with Gasteiger partial charge in [0.15, 0.2) is 6.54 Å². The molecule has 0 aliphatic heterocycles. The lowest BCUT2D eigenvalue weighted by molar-refractivity contribution is -0.923. The van der Waals surface area contributed by atoms with Crippen LogP contribution < -0.4 is 0 Å². The van der Waals surface area contributed by atoms with E-state index in [0.29, 0.717) is 11.0 Å². The van der Waals surface area contributed by atoms with Gasteiger partial charge in [-0.05, 0) is 19.3 Å². The van der Waals surface area contributed by atoms with Crippen molar-refractivity contribution in [2.45, 2.75) is 59.0 Å². The zero-order valence-corrected chi connectivity index (χ0v) is 13.3. The van der Waals surface area contributed by atoms with Crippen molar-refractivity contribution in [1.82, 2.24) is 0 Å². The van der Waals surface area contributed by atoms with Gasteiger partial charge in [0.1, 0.15) is 12.6 Å². The summed E-state index contributed by atoms with van der Waals surface area (Å²) >= 11 is 0. The lowest BCUT2D eigenvalue weighted by atomic mass is 10.1. The van der Waals surface area contributed by atoms with Crippen molar-refractivity contribution in [3.8, 4) is 0 Å². The van der Waals surface area contributed by atoms with Gasteiger partial charge in [0.2, 0.25) is 0 Å². The molecule has 0 rings (SSSR count). The van der Waals surface area contributed by atoms with E-state index in [4.69, 9.17) is 5.11 Å². The van der Waals surface area contributed by atoms with E-state index >= 15 is 0 Å². The second-order valence-corrected chi connectivity index (χ2v) is 5.66. The molecule has 0 saturated carbocycles. The number of allylic oxidation sites excluding steroid dienone is 1. The van der Waals surface area contributed by atoms with Crippen molar-refractivity contribution in [2.75, 3.05) is 26.2 Å². The summed E-state index contributed by atoms with van der Waals surface area (Å²) in [6, 6.07) is 0. The average Bonchev–Trinajstić information content (AvgIpc) is 2.34. The lowest BCUT2D eigenvalue weighted by Gasteiger charge is -2.38. The molecule has 2 N–H and O–H groups in total. The quantitative estimate of drug-likeness (QED) is 0.329. The molecule has 0 aliphatic rings. The third-order valence-electron chi connectivity index (χ3n) is 3.52. The minimum Gasteiger partial charge on any atom is -0.477 e. The number of carboxylic acid groups (broad SMARTS) is 1. The number of rotatable bonds is 12. The third kappa shape index (κ3) is 8.33. The highest BCUT2D eigenvalue weighted by atomic mass is 16.4. The summed E-state index contributed by atoms with van der Waals surface area (Å²) in [7, 11) is 0. The zero-order chi connectivity index (χ0) is 15.4. The number of carbonyl (C=O) groups is 1. The van der Waals surface area contributed by atoms with E-state index in [1.54, 1.807) is 0 Å². The Hall–Kier alpha value is -0.870. The van der Waals surface area contributed by atoms with E-state index in [1.165, 1.54) is 0 Å². The smallest absolute Gasteiger partial charge is 0.359 e. The standard InChI is InChI=1S/C16H31NO3/c1-4-7-8-9-10-15(18)13-17(11-5-2,12-6-3)14-16(19)20/h9-10,15,18H,4-8,11-14H2,1-3H3/p+1/b10-9+. The second kappa shape index (κ2) is 10.9. The van der Waals surface area contributed by atoms with Gasteiger partial charge in [0.25, 0.3) is 0 Å². The van der Waals surface area contributed by atoms with Crippen LogP contribution in [0.1, 0.15) is 52.9 Å². The topological polar surface area (TPSA) is 57.5 Å². The number of carboxylic acids is 1. The van der Waals surface area contributed by atoms with Crippen molar-refractivity contribution in [1.29, 1.82) is 0 Å². The first-order valence-electron chi connectivity index (χ1n) is 7.91. The van der Waals surface area contributed by atoms with Crippen LogP contribution in [0.4, 0.5) is 0 Å². The molecular weight excluding hydrogens is 254 g/mol. The van der Waals surface area contributed by atoms with Gasteiger partial charge in [-0.2, -0.15) is 0 Å². The molecule has 0 aliphatic carbocycles. The number of aliphatic hydroxyl groups is 1. The Morgan fingerprint density at radius 1 is 1.15 bits per heavy atom. The van der Waals surface area contributed by atoms with Crippen molar-refractivity contribution in [2.24, 2.45) is 0 Å². The minimum absolute atomic E-state index is 0.0987. The van der Waals surface area contributed by atoms with Crippen molar-refractivity contribution in [3.05, 3.63) is 12.2 Å². The van der Waals surface area contributed by atoms with Crippen LogP contribution in [0.2, 0.25) is 0 Å². The van der Waals surface area contributed by atoms with Crippen LogP contribution in [0.25, 0.3) is 0 Å². The summed E-state index contributed by atoms with van der Waals surface area (Å²) in [6.07, 6.45) is 8.40. The van der Waals surface area contributed by atoms with Gasteiger partial charge in [0.05, 0.1) is 13.1 Å². The Morgan fingerprint density at radius 2 is 1.75 bits per heavy atom. The molecule has 20 heavy (non-hydrogen) atoms. The Bertz CT molecular complexity index is 283. The number of unbranched alkanes of at least 4 members (excludes halogenated alkanes) is 2. The van der Waals surface area contributed by atoms with Crippen LogP contribution in [0.5, 0.6) is 0 Å². The van der Waals surface area contributed by atoms with E-state index in [-0.39, 0.29) is 6.54 Å². The molecule has 0 aromatic carbocycles. The van der Waals surface area contributed by atoms with Gasteiger partial charge in [-0.3, -0.25) is 0 Å². The van der Waals surface area contributed by atoms with E-state index in [1.807, 2.05) is 12.2 Å². The molecule has 0 amide bonds. The first-order chi connectivity index (χ1) is 9.49. The molecule has 0 radical (unpaired) electrons. The fourth-order valence-corrected chi connectivity index (χ4v) is 2.79. The summed E-state index contributed by atoms with van der Waals surface area (Å²) in [6.45, 7) is 8.47. The Labute approximate surface area is 123 Å². The highest BCUT2D eigenvalue weighted by Gasteiger charge is 2.30. The largest absolute Gasteiger partial charge is 0.477 e. The lowest BCUT2D eigenvalue weighted by Crippen LogP contribution is -2.55. The van der Waals surface area contributed by atoms with E-state index in [0.717, 1.165) is 45.2 Å². The zero-order valence-electron chi connectivity index (χ0n) is 13.3. The SMILES string of the molecule is CCCC/C=C/C(O)C[N+](CCC)(CCC)CC(=O)O. The first kappa shape index (κ1) is 19.1. The van der Waals surface area contributed by atoms with Gasteiger partial charge >= 0.3 is 5.97 Å². The Kier molecular flexibility index (Phi) is 10.4. The predicted octanol–water partition coefficient (Wildman–Crippen LogP) is 2.82. The molecule has 0 spiro atoms. The molecule has 0 saturated heterocycles. The van der Waals surface area contributed by atoms with Crippen LogP contribution in [-0.4, -0.2) is 52.9 Å². The van der Waals surface area contributed by atoms with E-state index in [2.05, 4.69) is 20.8 Å². The minimum atomic E-state index is -0.783. The van der Waals surface area contributed by atoms with Crippen LogP contribution in [-0.2, 0) is 4.79 Å². The fourth-order valence-electron chi connectivity index (χ4n) is 2.79. The first-order valence-corrected chi connectivity index (χ1v) is 7.91. The highest BCUT2D eigenvalue weighted by Crippen LogP contribution is 2.13. The van der Waals surface area contributed by atoms with Crippen LogP contribution in [0.3, 0.4) is 0 Å². The van der Waals surface area contributed by atoms with Crippen molar-refractivity contribution >= 4 is 5.97 Å². The summed E-state index contributed by atoms with van der Waals surface area (Å²) in [5, 5.41) is 19.3. The van der Waals surface area contributed by atoms with Gasteiger partial charge in [-0.15, -0.1) is 0 Å². The maximum absolute atomic E-state index is 11.1. The molecule has 0 heterocycles.